The summed E-state index contributed by atoms with van der Waals surface area (Å²) in [5, 5.41) is 3.66. The fraction of sp³-hybridized carbons (Fsp3) is 0.625. The van der Waals surface area contributed by atoms with Crippen molar-refractivity contribution < 1.29 is 4.21 Å². The average Bonchev–Trinajstić information content (AvgIpc) is 2.38. The number of rotatable bonds is 7. The van der Waals surface area contributed by atoms with Crippen LogP contribution in [0.5, 0.6) is 0 Å². The molecule has 2 unspecified atom stereocenters. The minimum absolute atomic E-state index is 0.189. The zero-order valence-electron chi connectivity index (χ0n) is 12.8. The van der Waals surface area contributed by atoms with Crippen LogP contribution < -0.4 is 5.32 Å². The Hall–Kier alpha value is -0.670. The van der Waals surface area contributed by atoms with Crippen molar-refractivity contribution in [2.75, 3.05) is 12.3 Å². The van der Waals surface area contributed by atoms with Crippen LogP contribution in [0.15, 0.2) is 24.3 Å². The summed E-state index contributed by atoms with van der Waals surface area (Å²) in [6.45, 7) is 11.4. The van der Waals surface area contributed by atoms with Crippen molar-refractivity contribution >= 4 is 10.8 Å². The first-order valence-electron chi connectivity index (χ1n) is 7.16. The summed E-state index contributed by atoms with van der Waals surface area (Å²) in [5.74, 6) is 1.24. The van der Waals surface area contributed by atoms with Crippen molar-refractivity contribution in [3.63, 3.8) is 0 Å². The smallest absolute Gasteiger partial charge is 0.0436 e. The highest BCUT2D eigenvalue weighted by molar-refractivity contribution is 7.85. The molecule has 2 atom stereocenters. The zero-order valence-corrected chi connectivity index (χ0v) is 13.6. The molecule has 0 aliphatic carbocycles. The highest BCUT2D eigenvalue weighted by Crippen LogP contribution is 2.20. The molecule has 0 aromatic heterocycles. The molecule has 0 saturated heterocycles. The molecule has 0 fully saturated rings. The third kappa shape index (κ3) is 5.07. The van der Waals surface area contributed by atoms with Crippen LogP contribution in [-0.2, 0) is 10.8 Å². The van der Waals surface area contributed by atoms with Crippen molar-refractivity contribution in [1.29, 1.82) is 0 Å². The topological polar surface area (TPSA) is 29.1 Å². The molecule has 1 aromatic carbocycles. The summed E-state index contributed by atoms with van der Waals surface area (Å²) in [4.78, 5) is 0. The summed E-state index contributed by atoms with van der Waals surface area (Å²) >= 11 is 0. The number of hydrogen-bond acceptors (Lipinski definition) is 2. The monoisotopic (exact) mass is 281 g/mol. The van der Waals surface area contributed by atoms with Crippen LogP contribution in [0, 0.1) is 0 Å². The lowest BCUT2D eigenvalue weighted by Gasteiger charge is -2.20. The van der Waals surface area contributed by atoms with Gasteiger partial charge in [-0.25, -0.2) is 0 Å². The van der Waals surface area contributed by atoms with Crippen molar-refractivity contribution in [3.05, 3.63) is 35.4 Å². The number of nitrogens with one attached hydrogen (secondary N) is 1. The molecule has 0 heterocycles. The molecular formula is C16H27NOS. The van der Waals surface area contributed by atoms with Crippen molar-refractivity contribution in [2.24, 2.45) is 0 Å². The fourth-order valence-electron chi connectivity index (χ4n) is 1.99. The summed E-state index contributed by atoms with van der Waals surface area (Å²) in [5.41, 5.74) is 2.59. The van der Waals surface area contributed by atoms with Crippen LogP contribution in [0.2, 0.25) is 0 Å². The van der Waals surface area contributed by atoms with Crippen LogP contribution in [-0.4, -0.2) is 21.8 Å². The van der Waals surface area contributed by atoms with E-state index in [1.54, 1.807) is 0 Å². The molecule has 2 nitrogen and oxygen atoms in total. The lowest BCUT2D eigenvalue weighted by atomic mass is 9.99. The van der Waals surface area contributed by atoms with E-state index >= 15 is 0 Å². The largest absolute Gasteiger partial charge is 0.309 e. The maximum atomic E-state index is 12.0. The molecule has 108 valence electrons. The standard InChI is InChI=1S/C16H27NOS/c1-6-17-16(11-19(18)13(4)5)15-9-7-14(8-10-15)12(2)3/h7-10,12-13,16-17H,6,11H2,1-5H3. The molecule has 0 bridgehead atoms. The van der Waals surface area contributed by atoms with Gasteiger partial charge < -0.3 is 5.32 Å². The zero-order chi connectivity index (χ0) is 14.4. The SMILES string of the molecule is CCNC(CS(=O)C(C)C)c1ccc(C(C)C)cc1. The second kappa shape index (κ2) is 7.81. The first kappa shape index (κ1) is 16.4. The van der Waals surface area contributed by atoms with E-state index in [0.717, 1.165) is 6.54 Å². The summed E-state index contributed by atoms with van der Waals surface area (Å²) in [7, 11) is -0.780. The maximum absolute atomic E-state index is 12.0. The van der Waals surface area contributed by atoms with E-state index in [1.165, 1.54) is 11.1 Å². The number of benzene rings is 1. The minimum Gasteiger partial charge on any atom is -0.309 e. The van der Waals surface area contributed by atoms with E-state index < -0.39 is 10.8 Å². The lowest BCUT2D eigenvalue weighted by molar-refractivity contribution is 0.592. The molecule has 19 heavy (non-hydrogen) atoms. The van der Waals surface area contributed by atoms with Crippen molar-refractivity contribution in [1.82, 2.24) is 5.32 Å². The van der Waals surface area contributed by atoms with Gasteiger partial charge in [-0.1, -0.05) is 58.9 Å². The van der Waals surface area contributed by atoms with Crippen LogP contribution in [0.3, 0.4) is 0 Å². The Kier molecular flexibility index (Phi) is 6.73. The maximum Gasteiger partial charge on any atom is 0.0436 e. The Morgan fingerprint density at radius 1 is 1.05 bits per heavy atom. The predicted molar refractivity (Wildman–Crippen MR) is 85.1 cm³/mol. The Balaban J connectivity index is 2.83. The van der Waals surface area contributed by atoms with Crippen LogP contribution >= 0.6 is 0 Å². The molecule has 0 amide bonds. The van der Waals surface area contributed by atoms with Gasteiger partial charge in [-0.05, 0) is 23.6 Å². The third-order valence-electron chi connectivity index (χ3n) is 3.31. The van der Waals surface area contributed by atoms with E-state index in [9.17, 15) is 4.21 Å². The Labute approximate surface area is 120 Å². The van der Waals surface area contributed by atoms with Gasteiger partial charge >= 0.3 is 0 Å². The van der Waals surface area contributed by atoms with Crippen LogP contribution in [0.25, 0.3) is 0 Å². The van der Waals surface area contributed by atoms with E-state index in [2.05, 4.69) is 50.4 Å². The van der Waals surface area contributed by atoms with Gasteiger partial charge in [-0.15, -0.1) is 0 Å². The van der Waals surface area contributed by atoms with Gasteiger partial charge in [-0.2, -0.15) is 0 Å². The number of hydrogen-bond donors (Lipinski definition) is 1. The van der Waals surface area contributed by atoms with E-state index in [4.69, 9.17) is 0 Å². The summed E-state index contributed by atoms with van der Waals surface area (Å²) in [6.07, 6.45) is 0. The van der Waals surface area contributed by atoms with Crippen LogP contribution in [0.1, 0.15) is 57.7 Å². The summed E-state index contributed by atoms with van der Waals surface area (Å²) < 4.78 is 12.0. The molecular weight excluding hydrogens is 254 g/mol. The average molecular weight is 281 g/mol. The minimum atomic E-state index is -0.780. The van der Waals surface area contributed by atoms with Crippen molar-refractivity contribution in [3.8, 4) is 0 Å². The van der Waals surface area contributed by atoms with Crippen molar-refractivity contribution in [2.45, 2.75) is 51.8 Å². The first-order chi connectivity index (χ1) is 8.95. The Morgan fingerprint density at radius 3 is 2.00 bits per heavy atom. The molecule has 0 aliphatic rings. The molecule has 1 rings (SSSR count). The second-order valence-electron chi connectivity index (χ2n) is 5.53. The quantitative estimate of drug-likeness (QED) is 0.827. The van der Waals surface area contributed by atoms with Gasteiger partial charge in [0.1, 0.15) is 0 Å². The Bertz CT molecular complexity index is 398. The third-order valence-corrected chi connectivity index (χ3v) is 5.03. The Morgan fingerprint density at radius 2 is 1.58 bits per heavy atom. The van der Waals surface area contributed by atoms with Gasteiger partial charge in [0.2, 0.25) is 0 Å². The molecule has 3 heteroatoms. The van der Waals surface area contributed by atoms with Gasteiger partial charge in [0.25, 0.3) is 0 Å². The van der Waals surface area contributed by atoms with E-state index in [1.807, 2.05) is 13.8 Å². The lowest BCUT2D eigenvalue weighted by Crippen LogP contribution is -2.28. The van der Waals surface area contributed by atoms with E-state index in [0.29, 0.717) is 11.7 Å². The van der Waals surface area contributed by atoms with Gasteiger partial charge in [0.15, 0.2) is 0 Å². The fourth-order valence-corrected chi connectivity index (χ4v) is 3.01. The highest BCUT2D eigenvalue weighted by Gasteiger charge is 2.16. The molecule has 1 aromatic rings. The highest BCUT2D eigenvalue weighted by atomic mass is 32.2. The van der Waals surface area contributed by atoms with E-state index in [-0.39, 0.29) is 11.3 Å². The van der Waals surface area contributed by atoms with Crippen LogP contribution in [0.4, 0.5) is 0 Å². The summed E-state index contributed by atoms with van der Waals surface area (Å²) in [6, 6.07) is 8.89. The van der Waals surface area contributed by atoms with Gasteiger partial charge in [0, 0.05) is 27.8 Å². The normalized spacial score (nSPS) is 14.9. The van der Waals surface area contributed by atoms with Gasteiger partial charge in [0.05, 0.1) is 0 Å². The molecule has 0 saturated carbocycles. The van der Waals surface area contributed by atoms with Gasteiger partial charge in [-0.3, -0.25) is 4.21 Å². The predicted octanol–water partition coefficient (Wildman–Crippen LogP) is 3.62. The second-order valence-corrected chi connectivity index (χ2v) is 7.57. The first-order valence-corrected chi connectivity index (χ1v) is 8.54. The molecule has 0 spiro atoms. The molecule has 0 aliphatic heterocycles. The molecule has 1 N–H and O–H groups in total. The molecule has 0 radical (unpaired) electrons.